The van der Waals surface area contributed by atoms with Gasteiger partial charge in [0.2, 0.25) is 5.91 Å². The minimum atomic E-state index is -1.05. The molecule has 3 atom stereocenters. The largest absolute Gasteiger partial charge is 0.459 e. The molecule has 1 fully saturated rings. The Kier molecular flexibility index (Phi) is 5.60. The maximum absolute atomic E-state index is 13.1. The van der Waals surface area contributed by atoms with Gasteiger partial charge in [-0.25, -0.2) is 0 Å². The molecule has 152 valence electrons. The van der Waals surface area contributed by atoms with Gasteiger partial charge in [0.05, 0.1) is 0 Å². The molecular formula is C24H27NO4. The number of carbonyl (C=O) groups excluding carboxylic acids is 3. The van der Waals surface area contributed by atoms with Crippen LogP contribution in [-0.4, -0.2) is 23.3 Å². The molecule has 1 aliphatic heterocycles. The minimum absolute atomic E-state index is 0.102. The number of nitrogens with one attached hydrogen (secondary N) is 1. The first-order valence-corrected chi connectivity index (χ1v) is 9.81. The molecule has 0 unspecified atom stereocenters. The van der Waals surface area contributed by atoms with Crippen molar-refractivity contribution < 1.29 is 19.1 Å². The van der Waals surface area contributed by atoms with Crippen LogP contribution in [0.15, 0.2) is 48.5 Å². The maximum atomic E-state index is 13.1. The number of ether oxygens (including phenoxy) is 1. The third-order valence-corrected chi connectivity index (χ3v) is 5.67. The van der Waals surface area contributed by atoms with E-state index in [2.05, 4.69) is 5.32 Å². The Morgan fingerprint density at radius 3 is 2.03 bits per heavy atom. The number of anilines is 1. The Labute approximate surface area is 171 Å². The highest BCUT2D eigenvalue weighted by molar-refractivity contribution is 6.07. The van der Waals surface area contributed by atoms with Crippen molar-refractivity contribution in [2.24, 2.45) is 17.8 Å². The van der Waals surface area contributed by atoms with E-state index < -0.39 is 35.2 Å². The topological polar surface area (TPSA) is 72.5 Å². The Balaban J connectivity index is 1.87. The molecule has 1 amide bonds. The first-order chi connectivity index (χ1) is 13.6. The highest BCUT2D eigenvalue weighted by Gasteiger charge is 2.56. The molecule has 29 heavy (non-hydrogen) atoms. The zero-order chi connectivity index (χ0) is 21.3. The number of hydrogen-bond acceptors (Lipinski definition) is 4. The van der Waals surface area contributed by atoms with Crippen molar-refractivity contribution >= 4 is 23.3 Å². The van der Waals surface area contributed by atoms with E-state index in [1.807, 2.05) is 38.1 Å². The number of amides is 1. The van der Waals surface area contributed by atoms with Crippen LogP contribution in [0.3, 0.4) is 0 Å². The van der Waals surface area contributed by atoms with E-state index in [-0.39, 0.29) is 5.78 Å². The Hall–Kier alpha value is -2.95. The van der Waals surface area contributed by atoms with Crippen LogP contribution in [0.2, 0.25) is 0 Å². The predicted octanol–water partition coefficient (Wildman–Crippen LogP) is 4.33. The van der Waals surface area contributed by atoms with Crippen molar-refractivity contribution in [2.45, 2.75) is 40.2 Å². The van der Waals surface area contributed by atoms with E-state index in [0.717, 1.165) is 11.1 Å². The Bertz CT molecular complexity index is 928. The number of benzene rings is 2. The summed E-state index contributed by atoms with van der Waals surface area (Å²) in [7, 11) is 0. The number of ketones is 1. The Morgan fingerprint density at radius 1 is 0.966 bits per heavy atom. The molecule has 2 aromatic rings. The van der Waals surface area contributed by atoms with Crippen molar-refractivity contribution in [3.8, 4) is 0 Å². The summed E-state index contributed by atoms with van der Waals surface area (Å²) < 4.78 is 5.53. The van der Waals surface area contributed by atoms with Gasteiger partial charge in [0.1, 0.15) is 11.5 Å². The van der Waals surface area contributed by atoms with E-state index in [4.69, 9.17) is 4.74 Å². The van der Waals surface area contributed by atoms with E-state index >= 15 is 0 Å². The average molecular weight is 393 g/mol. The number of rotatable bonds is 5. The van der Waals surface area contributed by atoms with E-state index in [9.17, 15) is 14.4 Å². The molecule has 5 heteroatoms. The number of carbonyl (C=O) groups is 3. The lowest BCUT2D eigenvalue weighted by atomic mass is 9.72. The van der Waals surface area contributed by atoms with Crippen molar-refractivity contribution in [3.63, 3.8) is 0 Å². The summed E-state index contributed by atoms with van der Waals surface area (Å²) in [6.45, 7) is 9.19. The van der Waals surface area contributed by atoms with E-state index in [1.54, 1.807) is 45.0 Å². The number of esters is 1. The third kappa shape index (κ3) is 4.24. The molecule has 0 spiro atoms. The average Bonchev–Trinajstić information content (AvgIpc) is 2.91. The van der Waals surface area contributed by atoms with Gasteiger partial charge in [-0.2, -0.15) is 0 Å². The Morgan fingerprint density at radius 2 is 1.48 bits per heavy atom. The summed E-state index contributed by atoms with van der Waals surface area (Å²) in [5, 5.41) is 2.80. The van der Waals surface area contributed by atoms with Gasteiger partial charge in [-0.05, 0) is 39.8 Å². The summed E-state index contributed by atoms with van der Waals surface area (Å²) in [5.74, 6) is -3.32. The number of cyclic esters (lactones) is 1. The van der Waals surface area contributed by atoms with Crippen LogP contribution in [0, 0.1) is 31.6 Å². The summed E-state index contributed by atoms with van der Waals surface area (Å²) >= 11 is 0. The fourth-order valence-corrected chi connectivity index (χ4v) is 4.10. The zero-order valence-electron chi connectivity index (χ0n) is 17.5. The van der Waals surface area contributed by atoms with Crippen LogP contribution in [0.5, 0.6) is 0 Å². The van der Waals surface area contributed by atoms with Gasteiger partial charge in [0.15, 0.2) is 5.78 Å². The molecule has 1 N–H and O–H groups in total. The van der Waals surface area contributed by atoms with Gasteiger partial charge < -0.3 is 10.1 Å². The highest BCUT2D eigenvalue weighted by atomic mass is 16.6. The molecule has 0 bridgehead atoms. The molecule has 0 saturated carbocycles. The lowest BCUT2D eigenvalue weighted by molar-refractivity contribution is -0.150. The third-order valence-electron chi connectivity index (χ3n) is 5.67. The van der Waals surface area contributed by atoms with Crippen LogP contribution in [0.25, 0.3) is 0 Å². The number of hydrogen-bond donors (Lipinski definition) is 1. The maximum Gasteiger partial charge on any atom is 0.319 e. The van der Waals surface area contributed by atoms with Gasteiger partial charge in [-0.1, -0.05) is 54.4 Å². The first kappa shape index (κ1) is 20.8. The van der Waals surface area contributed by atoms with Crippen LogP contribution < -0.4 is 5.32 Å². The monoisotopic (exact) mass is 393 g/mol. The van der Waals surface area contributed by atoms with Crippen LogP contribution in [-0.2, 0) is 14.3 Å². The SMILES string of the molecule is Cc1ccc(NC(=O)[C@@H]2C(=O)OC(C)(C)[C@H]2[C@@H](C)C(=O)c2ccc(C)cc2)cc1. The standard InChI is InChI=1S/C24H27NO4/c1-14-6-10-17(11-7-14)21(26)16(3)20-19(23(28)29-24(20,4)5)22(27)25-18-12-8-15(2)9-13-18/h6-13,16,19-20H,1-5H3,(H,25,27)/t16-,19-,20+/m1/s1. The lowest BCUT2D eigenvalue weighted by Gasteiger charge is -2.31. The minimum Gasteiger partial charge on any atom is -0.459 e. The fourth-order valence-electron chi connectivity index (χ4n) is 4.10. The molecular weight excluding hydrogens is 366 g/mol. The lowest BCUT2D eigenvalue weighted by Crippen LogP contribution is -2.42. The highest BCUT2D eigenvalue weighted by Crippen LogP contribution is 2.43. The molecule has 0 aromatic heterocycles. The first-order valence-electron chi connectivity index (χ1n) is 9.81. The van der Waals surface area contributed by atoms with Crippen molar-refractivity contribution in [1.82, 2.24) is 0 Å². The van der Waals surface area contributed by atoms with Crippen molar-refractivity contribution in [2.75, 3.05) is 5.32 Å². The van der Waals surface area contributed by atoms with Crippen LogP contribution in [0.4, 0.5) is 5.69 Å². The van der Waals surface area contributed by atoms with Gasteiger partial charge in [0.25, 0.3) is 0 Å². The van der Waals surface area contributed by atoms with Crippen molar-refractivity contribution in [1.29, 1.82) is 0 Å². The molecule has 1 heterocycles. The summed E-state index contributed by atoms with van der Waals surface area (Å²) in [5.41, 5.74) is 2.38. The fraction of sp³-hybridized carbons (Fsp3) is 0.375. The quantitative estimate of drug-likeness (QED) is 0.466. The van der Waals surface area contributed by atoms with E-state index in [1.165, 1.54) is 0 Å². The second-order valence-corrected chi connectivity index (χ2v) is 8.40. The molecule has 1 saturated heterocycles. The number of Topliss-reactive ketones (excluding diaryl/α,β-unsaturated/α-hetero) is 1. The molecule has 0 radical (unpaired) electrons. The molecule has 0 aliphatic carbocycles. The van der Waals surface area contributed by atoms with Gasteiger partial charge in [-0.3, -0.25) is 14.4 Å². The molecule has 1 aliphatic rings. The summed E-state index contributed by atoms with van der Waals surface area (Å²) in [6, 6.07) is 14.6. The van der Waals surface area contributed by atoms with Gasteiger partial charge in [0, 0.05) is 23.1 Å². The van der Waals surface area contributed by atoms with Crippen LogP contribution in [0.1, 0.15) is 42.3 Å². The summed E-state index contributed by atoms with van der Waals surface area (Å²) in [6.07, 6.45) is 0. The predicted molar refractivity (Wildman–Crippen MR) is 112 cm³/mol. The van der Waals surface area contributed by atoms with E-state index in [0.29, 0.717) is 11.3 Å². The smallest absolute Gasteiger partial charge is 0.319 e. The van der Waals surface area contributed by atoms with Gasteiger partial charge in [-0.15, -0.1) is 0 Å². The molecule has 2 aromatic carbocycles. The second-order valence-electron chi connectivity index (χ2n) is 8.40. The normalized spacial score (nSPS) is 21.3. The number of aryl methyl sites for hydroxylation is 2. The van der Waals surface area contributed by atoms with Crippen molar-refractivity contribution in [3.05, 3.63) is 65.2 Å². The molecule has 5 nitrogen and oxygen atoms in total. The van der Waals surface area contributed by atoms with Crippen LogP contribution >= 0.6 is 0 Å². The summed E-state index contributed by atoms with van der Waals surface area (Å²) in [4.78, 5) is 38.7. The van der Waals surface area contributed by atoms with Gasteiger partial charge >= 0.3 is 5.97 Å². The zero-order valence-corrected chi connectivity index (χ0v) is 17.5. The second kappa shape index (κ2) is 7.82. The molecule has 3 rings (SSSR count).